The van der Waals surface area contributed by atoms with Crippen molar-refractivity contribution in [3.63, 3.8) is 0 Å². The molecule has 1 amide bonds. The zero-order valence-electron chi connectivity index (χ0n) is 8.00. The smallest absolute Gasteiger partial charge is 0.228 e. The minimum Gasteiger partial charge on any atom is -0.392 e. The minimum atomic E-state index is -0.414. The molecule has 70 valence electrons. The first kappa shape index (κ1) is 9.52. The number of hydrogen-bond donors (Lipinski definition) is 1. The van der Waals surface area contributed by atoms with Gasteiger partial charge in [-0.05, 0) is 13.3 Å². The first-order valence-electron chi connectivity index (χ1n) is 4.41. The molecule has 0 bridgehead atoms. The molecule has 3 heteroatoms. The van der Waals surface area contributed by atoms with E-state index in [1.807, 2.05) is 13.8 Å². The molecule has 3 nitrogen and oxygen atoms in total. The van der Waals surface area contributed by atoms with Crippen LogP contribution in [0.1, 0.15) is 27.2 Å². The summed E-state index contributed by atoms with van der Waals surface area (Å²) in [6.45, 7) is 6.88. The molecule has 1 unspecified atom stereocenters. The van der Waals surface area contributed by atoms with E-state index in [0.717, 1.165) is 13.0 Å². The lowest BCUT2D eigenvalue weighted by molar-refractivity contribution is -0.135. The fourth-order valence-corrected chi connectivity index (χ4v) is 1.54. The Morgan fingerprint density at radius 3 is 2.58 bits per heavy atom. The SMILES string of the molecule is CC(O)CN1CCC(C)(C)C1=O. The Hall–Kier alpha value is -0.570. The number of rotatable bonds is 2. The van der Waals surface area contributed by atoms with Crippen LogP contribution in [0, 0.1) is 5.41 Å². The lowest BCUT2D eigenvalue weighted by atomic mass is 9.92. The van der Waals surface area contributed by atoms with Gasteiger partial charge >= 0.3 is 0 Å². The molecule has 1 aliphatic rings. The molecular formula is C9H17NO2. The average Bonchev–Trinajstić information content (AvgIpc) is 2.15. The van der Waals surface area contributed by atoms with Gasteiger partial charge in [0.25, 0.3) is 0 Å². The van der Waals surface area contributed by atoms with Gasteiger partial charge in [-0.25, -0.2) is 0 Å². The molecule has 1 saturated heterocycles. The molecule has 12 heavy (non-hydrogen) atoms. The van der Waals surface area contributed by atoms with Gasteiger partial charge in [0, 0.05) is 18.5 Å². The lowest BCUT2D eigenvalue weighted by Crippen LogP contribution is -2.35. The van der Waals surface area contributed by atoms with Gasteiger partial charge < -0.3 is 10.0 Å². The van der Waals surface area contributed by atoms with Gasteiger partial charge in [0.1, 0.15) is 0 Å². The van der Waals surface area contributed by atoms with Crippen LogP contribution in [0.5, 0.6) is 0 Å². The van der Waals surface area contributed by atoms with E-state index in [0.29, 0.717) is 6.54 Å². The van der Waals surface area contributed by atoms with Gasteiger partial charge in [-0.1, -0.05) is 13.8 Å². The molecule has 1 rings (SSSR count). The monoisotopic (exact) mass is 171 g/mol. The third-order valence-corrected chi connectivity index (χ3v) is 2.36. The van der Waals surface area contributed by atoms with Crippen LogP contribution in [0.15, 0.2) is 0 Å². The molecular weight excluding hydrogens is 154 g/mol. The Labute approximate surface area is 73.4 Å². The molecule has 1 heterocycles. The van der Waals surface area contributed by atoms with Crippen molar-refractivity contribution in [1.29, 1.82) is 0 Å². The second-order valence-corrected chi connectivity index (χ2v) is 4.23. The predicted octanol–water partition coefficient (Wildman–Crippen LogP) is 0.626. The number of β-amino-alcohol motifs (C(OH)–C–C–N with tert-alkyl or cyclic N) is 1. The van der Waals surface area contributed by atoms with Crippen molar-refractivity contribution in [2.45, 2.75) is 33.3 Å². The summed E-state index contributed by atoms with van der Waals surface area (Å²) in [6.07, 6.45) is 0.487. The standard InChI is InChI=1S/C9H17NO2/c1-7(11)6-10-5-4-9(2,3)8(10)12/h7,11H,4-6H2,1-3H3. The molecule has 0 aromatic rings. The molecule has 0 aromatic heterocycles. The number of nitrogens with zero attached hydrogens (tertiary/aromatic N) is 1. The highest BCUT2D eigenvalue weighted by atomic mass is 16.3. The van der Waals surface area contributed by atoms with E-state index < -0.39 is 6.10 Å². The van der Waals surface area contributed by atoms with Gasteiger partial charge in [-0.2, -0.15) is 0 Å². The zero-order chi connectivity index (χ0) is 9.35. The highest BCUT2D eigenvalue weighted by molar-refractivity contribution is 5.83. The Balaban J connectivity index is 2.56. The Kier molecular flexibility index (Phi) is 2.42. The second-order valence-electron chi connectivity index (χ2n) is 4.23. The van der Waals surface area contributed by atoms with Crippen LogP contribution in [0.25, 0.3) is 0 Å². The van der Waals surface area contributed by atoms with Crippen molar-refractivity contribution in [3.8, 4) is 0 Å². The van der Waals surface area contributed by atoms with Gasteiger partial charge in [-0.3, -0.25) is 4.79 Å². The van der Waals surface area contributed by atoms with Crippen LogP contribution in [0.4, 0.5) is 0 Å². The highest BCUT2D eigenvalue weighted by Gasteiger charge is 2.38. The van der Waals surface area contributed by atoms with Crippen LogP contribution in [-0.4, -0.2) is 35.1 Å². The van der Waals surface area contributed by atoms with Gasteiger partial charge in [-0.15, -0.1) is 0 Å². The zero-order valence-corrected chi connectivity index (χ0v) is 8.00. The summed E-state index contributed by atoms with van der Waals surface area (Å²) in [5.41, 5.74) is -0.213. The summed E-state index contributed by atoms with van der Waals surface area (Å²) in [5.74, 6) is 0.170. The van der Waals surface area contributed by atoms with Crippen LogP contribution >= 0.6 is 0 Å². The maximum Gasteiger partial charge on any atom is 0.228 e. The third-order valence-electron chi connectivity index (χ3n) is 2.36. The largest absolute Gasteiger partial charge is 0.392 e. The van der Waals surface area contributed by atoms with Crippen molar-refractivity contribution < 1.29 is 9.90 Å². The van der Waals surface area contributed by atoms with E-state index in [4.69, 9.17) is 5.11 Å². The van der Waals surface area contributed by atoms with E-state index in [1.165, 1.54) is 0 Å². The maximum absolute atomic E-state index is 11.6. The molecule has 1 fully saturated rings. The van der Waals surface area contributed by atoms with Gasteiger partial charge in [0.05, 0.1) is 6.10 Å². The number of carbonyl (C=O) groups excluding carboxylic acids is 1. The lowest BCUT2D eigenvalue weighted by Gasteiger charge is -2.20. The molecule has 0 aliphatic carbocycles. The fourth-order valence-electron chi connectivity index (χ4n) is 1.54. The molecule has 0 spiro atoms. The average molecular weight is 171 g/mol. The first-order chi connectivity index (χ1) is 5.43. The number of carbonyl (C=O) groups is 1. The minimum absolute atomic E-state index is 0.170. The summed E-state index contributed by atoms with van der Waals surface area (Å²) in [6, 6.07) is 0. The molecule has 1 atom stereocenters. The Bertz CT molecular complexity index is 187. The van der Waals surface area contributed by atoms with Crippen LogP contribution in [0.2, 0.25) is 0 Å². The number of hydrogen-bond acceptors (Lipinski definition) is 2. The van der Waals surface area contributed by atoms with Crippen molar-refractivity contribution in [2.24, 2.45) is 5.41 Å². The molecule has 1 N–H and O–H groups in total. The predicted molar refractivity (Wildman–Crippen MR) is 46.7 cm³/mol. The summed E-state index contributed by atoms with van der Waals surface area (Å²) < 4.78 is 0. The van der Waals surface area contributed by atoms with E-state index in [2.05, 4.69) is 0 Å². The van der Waals surface area contributed by atoms with E-state index >= 15 is 0 Å². The van der Waals surface area contributed by atoms with Gasteiger partial charge in [0.2, 0.25) is 5.91 Å². The molecule has 0 saturated carbocycles. The molecule has 1 aliphatic heterocycles. The summed E-state index contributed by atoms with van der Waals surface area (Å²) in [4.78, 5) is 13.3. The third kappa shape index (κ3) is 1.78. The molecule has 0 radical (unpaired) electrons. The van der Waals surface area contributed by atoms with Crippen LogP contribution in [0.3, 0.4) is 0 Å². The fraction of sp³-hybridized carbons (Fsp3) is 0.889. The summed E-state index contributed by atoms with van der Waals surface area (Å²) in [7, 11) is 0. The van der Waals surface area contributed by atoms with Crippen molar-refractivity contribution in [3.05, 3.63) is 0 Å². The number of likely N-dealkylation sites (tertiary alicyclic amines) is 1. The first-order valence-corrected chi connectivity index (χ1v) is 4.41. The molecule has 0 aromatic carbocycles. The number of aliphatic hydroxyl groups is 1. The number of aliphatic hydroxyl groups excluding tert-OH is 1. The van der Waals surface area contributed by atoms with Crippen molar-refractivity contribution in [2.75, 3.05) is 13.1 Å². The second kappa shape index (κ2) is 3.05. The van der Waals surface area contributed by atoms with Crippen molar-refractivity contribution in [1.82, 2.24) is 4.90 Å². The maximum atomic E-state index is 11.6. The van der Waals surface area contributed by atoms with Gasteiger partial charge in [0.15, 0.2) is 0 Å². The van der Waals surface area contributed by atoms with Crippen LogP contribution in [-0.2, 0) is 4.79 Å². The Morgan fingerprint density at radius 2 is 2.25 bits per heavy atom. The highest BCUT2D eigenvalue weighted by Crippen LogP contribution is 2.30. The summed E-state index contributed by atoms with van der Waals surface area (Å²) >= 11 is 0. The van der Waals surface area contributed by atoms with Crippen molar-refractivity contribution >= 4 is 5.91 Å². The quantitative estimate of drug-likeness (QED) is 0.662. The normalized spacial score (nSPS) is 24.7. The Morgan fingerprint density at radius 1 is 1.67 bits per heavy atom. The van der Waals surface area contributed by atoms with E-state index in [-0.39, 0.29) is 11.3 Å². The summed E-state index contributed by atoms with van der Waals surface area (Å²) in [5, 5.41) is 9.11. The van der Waals surface area contributed by atoms with Crippen LogP contribution < -0.4 is 0 Å². The van der Waals surface area contributed by atoms with E-state index in [1.54, 1.807) is 11.8 Å². The van der Waals surface area contributed by atoms with E-state index in [9.17, 15) is 4.79 Å². The number of amides is 1. The topological polar surface area (TPSA) is 40.5 Å².